The molecule has 0 radical (unpaired) electrons. The van der Waals surface area contributed by atoms with Crippen molar-refractivity contribution in [2.45, 2.75) is 51.5 Å². The summed E-state index contributed by atoms with van der Waals surface area (Å²) in [5.41, 5.74) is 0.899. The summed E-state index contributed by atoms with van der Waals surface area (Å²) in [5.74, 6) is -4.66. The number of nitrogens with zero attached hydrogens (tertiary/aromatic N) is 4. The number of halogens is 3. The Labute approximate surface area is 169 Å². The van der Waals surface area contributed by atoms with E-state index in [2.05, 4.69) is 10.4 Å². The minimum Gasteiger partial charge on any atom is -0.390 e. The molecule has 0 saturated carbocycles. The van der Waals surface area contributed by atoms with Gasteiger partial charge < -0.3 is 20.2 Å². The van der Waals surface area contributed by atoms with Gasteiger partial charge in [-0.1, -0.05) is 0 Å². The molecule has 2 aliphatic rings. The topological polar surface area (TPSA) is 90.7 Å². The van der Waals surface area contributed by atoms with Crippen molar-refractivity contribution in [3.8, 4) is 0 Å². The molecule has 2 N–H and O–H groups in total. The van der Waals surface area contributed by atoms with Gasteiger partial charge in [0.25, 0.3) is 0 Å². The lowest BCUT2D eigenvalue weighted by Crippen LogP contribution is -2.47. The van der Waals surface area contributed by atoms with Crippen LogP contribution in [0, 0.1) is 17.5 Å². The van der Waals surface area contributed by atoms with Gasteiger partial charge in [-0.2, -0.15) is 5.10 Å². The lowest BCUT2D eigenvalue weighted by atomic mass is 10.1. The smallest absolute Gasteiger partial charge is 0.322 e. The fourth-order valence-corrected chi connectivity index (χ4v) is 3.88. The van der Waals surface area contributed by atoms with Gasteiger partial charge in [0.2, 0.25) is 5.91 Å². The number of amides is 3. The average molecular weight is 423 g/mol. The minimum absolute atomic E-state index is 0.00802. The van der Waals surface area contributed by atoms with Gasteiger partial charge in [-0.3, -0.25) is 9.48 Å². The summed E-state index contributed by atoms with van der Waals surface area (Å²) < 4.78 is 41.7. The number of aliphatic hydroxyl groups is 1. The molecule has 3 amide bonds. The van der Waals surface area contributed by atoms with Crippen LogP contribution in [0.5, 0.6) is 0 Å². The van der Waals surface area contributed by atoms with Crippen molar-refractivity contribution < 1.29 is 27.9 Å². The fraction of sp³-hybridized carbons (Fsp3) is 0.421. The third kappa shape index (κ3) is 3.28. The number of anilines is 2. The number of urea groups is 1. The van der Waals surface area contributed by atoms with Gasteiger partial charge in [-0.25, -0.2) is 18.0 Å². The average Bonchev–Trinajstić information content (AvgIpc) is 3.18. The summed E-state index contributed by atoms with van der Waals surface area (Å²) in [4.78, 5) is 28.0. The van der Waals surface area contributed by atoms with Crippen molar-refractivity contribution in [3.05, 3.63) is 41.5 Å². The second-order valence-corrected chi connectivity index (χ2v) is 7.60. The van der Waals surface area contributed by atoms with Crippen LogP contribution in [0.2, 0.25) is 0 Å². The molecule has 2 aliphatic heterocycles. The van der Waals surface area contributed by atoms with Crippen LogP contribution in [0.25, 0.3) is 0 Å². The van der Waals surface area contributed by atoms with Crippen LogP contribution in [0.4, 0.5) is 29.3 Å². The molecule has 30 heavy (non-hydrogen) atoms. The number of carbonyl (C=O) groups excluding carboxylic acids is 2. The molecule has 4 rings (SSSR count). The first-order valence-corrected chi connectivity index (χ1v) is 9.44. The lowest BCUT2D eigenvalue weighted by Gasteiger charge is -2.35. The van der Waals surface area contributed by atoms with Gasteiger partial charge in [0.15, 0.2) is 17.5 Å². The predicted molar refractivity (Wildman–Crippen MR) is 100 cm³/mol. The largest absolute Gasteiger partial charge is 0.390 e. The van der Waals surface area contributed by atoms with Gasteiger partial charge in [-0.15, -0.1) is 0 Å². The second-order valence-electron chi connectivity index (χ2n) is 7.60. The van der Waals surface area contributed by atoms with E-state index in [0.717, 1.165) is 0 Å². The highest BCUT2D eigenvalue weighted by Gasteiger charge is 2.40. The maximum absolute atomic E-state index is 13.4. The molecule has 0 spiro atoms. The van der Waals surface area contributed by atoms with Gasteiger partial charge in [-0.05, 0) is 13.8 Å². The zero-order valence-electron chi connectivity index (χ0n) is 16.3. The Bertz CT molecular complexity index is 1000. The van der Waals surface area contributed by atoms with Crippen molar-refractivity contribution in [3.63, 3.8) is 0 Å². The molecular formula is C19H20F3N5O3. The number of aliphatic hydroxyl groups excluding tert-OH is 1. The van der Waals surface area contributed by atoms with Gasteiger partial charge >= 0.3 is 6.03 Å². The molecule has 0 aliphatic carbocycles. The lowest BCUT2D eigenvalue weighted by molar-refractivity contribution is -0.117. The first-order chi connectivity index (χ1) is 14.2. The zero-order valence-corrected chi connectivity index (χ0v) is 16.3. The fourth-order valence-electron chi connectivity index (χ4n) is 3.88. The molecule has 3 heterocycles. The third-order valence-corrected chi connectivity index (χ3v) is 5.59. The molecule has 0 bridgehead atoms. The second kappa shape index (κ2) is 7.31. The monoisotopic (exact) mass is 423 g/mol. The van der Waals surface area contributed by atoms with E-state index in [4.69, 9.17) is 0 Å². The highest BCUT2D eigenvalue weighted by atomic mass is 19.2. The van der Waals surface area contributed by atoms with E-state index < -0.39 is 35.6 Å². The van der Waals surface area contributed by atoms with Gasteiger partial charge in [0, 0.05) is 17.8 Å². The number of benzene rings is 1. The summed E-state index contributed by atoms with van der Waals surface area (Å²) >= 11 is 0. The van der Waals surface area contributed by atoms with Crippen molar-refractivity contribution in [2.75, 3.05) is 10.2 Å². The third-order valence-electron chi connectivity index (χ3n) is 5.59. The molecule has 160 valence electrons. The van der Waals surface area contributed by atoms with Crippen LogP contribution >= 0.6 is 0 Å². The molecule has 0 unspecified atom stereocenters. The molecule has 1 aromatic carbocycles. The molecular weight excluding hydrogens is 403 g/mol. The first kappa shape index (κ1) is 20.2. The van der Waals surface area contributed by atoms with E-state index in [1.165, 1.54) is 16.0 Å². The van der Waals surface area contributed by atoms with Crippen molar-refractivity contribution >= 4 is 23.3 Å². The van der Waals surface area contributed by atoms with Crippen LogP contribution in [-0.2, 0) is 17.9 Å². The summed E-state index contributed by atoms with van der Waals surface area (Å²) in [5, 5.41) is 16.7. The van der Waals surface area contributed by atoms with E-state index in [1.54, 1.807) is 18.5 Å². The van der Waals surface area contributed by atoms with Gasteiger partial charge in [0.05, 0.1) is 55.3 Å². The minimum atomic E-state index is -1.61. The van der Waals surface area contributed by atoms with E-state index in [0.29, 0.717) is 30.1 Å². The Hall–Kier alpha value is -3.08. The maximum Gasteiger partial charge on any atom is 0.322 e. The van der Waals surface area contributed by atoms with Crippen LogP contribution in [0.1, 0.15) is 26.0 Å². The van der Waals surface area contributed by atoms with E-state index in [9.17, 15) is 27.9 Å². The Balaban J connectivity index is 1.58. The molecule has 8 nitrogen and oxygen atoms in total. The van der Waals surface area contributed by atoms with Crippen LogP contribution < -0.4 is 10.2 Å². The van der Waals surface area contributed by atoms with E-state index in [1.807, 2.05) is 0 Å². The standard InChI is InChI=1S/C19H20F3N5O3/c1-9-7-26-15(14(6-23-26)27-10(2)16(28)5-17(27)29)8-25(9)19(30)24-11-3-12(20)18(22)13(21)4-11/h3-4,6,9-10,16,28H,5,7-8H2,1-2H3,(H,24,30)/t9-,10-,16-/m0/s1. The molecule has 1 fully saturated rings. The highest BCUT2D eigenvalue weighted by molar-refractivity contribution is 5.97. The van der Waals surface area contributed by atoms with E-state index >= 15 is 0 Å². The highest BCUT2D eigenvalue weighted by Crippen LogP contribution is 2.33. The number of hydrogen-bond donors (Lipinski definition) is 2. The molecule has 11 heteroatoms. The van der Waals surface area contributed by atoms with Crippen molar-refractivity contribution in [1.82, 2.24) is 14.7 Å². The number of hydrogen-bond acceptors (Lipinski definition) is 4. The Morgan fingerprint density at radius 2 is 1.90 bits per heavy atom. The van der Waals surface area contributed by atoms with Crippen LogP contribution in [0.15, 0.2) is 18.3 Å². The predicted octanol–water partition coefficient (Wildman–Crippen LogP) is 2.22. The number of carbonyl (C=O) groups is 2. The SMILES string of the molecule is C[C@H]1Cn2ncc(N3C(=O)C[C@H](O)[C@@H]3C)c2CN1C(=O)Nc1cc(F)c(F)c(F)c1. The Morgan fingerprint density at radius 1 is 1.23 bits per heavy atom. The summed E-state index contributed by atoms with van der Waals surface area (Å²) in [6.45, 7) is 3.94. The summed E-state index contributed by atoms with van der Waals surface area (Å²) in [6.07, 6.45) is 0.743. The van der Waals surface area contributed by atoms with Gasteiger partial charge in [0.1, 0.15) is 0 Å². The van der Waals surface area contributed by atoms with E-state index in [-0.39, 0.29) is 30.6 Å². The molecule has 1 aromatic heterocycles. The quantitative estimate of drug-likeness (QED) is 0.725. The van der Waals surface area contributed by atoms with Crippen molar-refractivity contribution in [1.29, 1.82) is 0 Å². The van der Waals surface area contributed by atoms with Crippen LogP contribution in [0.3, 0.4) is 0 Å². The Morgan fingerprint density at radius 3 is 2.50 bits per heavy atom. The summed E-state index contributed by atoms with van der Waals surface area (Å²) in [7, 11) is 0. The summed E-state index contributed by atoms with van der Waals surface area (Å²) in [6, 6.07) is 0.0297. The maximum atomic E-state index is 13.4. The molecule has 2 aromatic rings. The normalized spacial score (nSPS) is 23.7. The first-order valence-electron chi connectivity index (χ1n) is 9.44. The van der Waals surface area contributed by atoms with Crippen LogP contribution in [-0.4, -0.2) is 49.9 Å². The van der Waals surface area contributed by atoms with Crippen molar-refractivity contribution in [2.24, 2.45) is 0 Å². The number of aromatic nitrogens is 2. The molecule has 3 atom stereocenters. The number of rotatable bonds is 2. The number of fused-ring (bicyclic) bond motifs is 1. The number of nitrogens with one attached hydrogen (secondary N) is 1. The Kier molecular flexibility index (Phi) is 4.92. The molecule has 1 saturated heterocycles. The zero-order chi connectivity index (χ0) is 21.7.